The molecule has 0 aromatic carbocycles. The summed E-state index contributed by atoms with van der Waals surface area (Å²) >= 11 is 5.87. The minimum Gasteiger partial charge on any atom is -0.385 e. The van der Waals surface area contributed by atoms with Crippen LogP contribution in [0.4, 0.5) is 5.69 Å². The van der Waals surface area contributed by atoms with Crippen molar-refractivity contribution in [3.63, 3.8) is 0 Å². The van der Waals surface area contributed by atoms with Crippen molar-refractivity contribution < 1.29 is 0 Å². The monoisotopic (exact) mass is 349 g/mol. The topological polar surface area (TPSA) is 76.2 Å². The zero-order chi connectivity index (χ0) is 17.7. The molecule has 1 aliphatic rings. The number of nitrogens with one attached hydrogen (secondary N) is 1. The van der Waals surface area contributed by atoms with Crippen molar-refractivity contribution in [1.29, 1.82) is 0 Å². The second-order valence-corrected chi connectivity index (χ2v) is 6.39. The van der Waals surface area contributed by atoms with Gasteiger partial charge in [0.25, 0.3) is 5.56 Å². The maximum absolute atomic E-state index is 12.0. The molecule has 1 aromatic rings. The third-order valence-corrected chi connectivity index (χ3v) is 4.38. The first-order valence-corrected chi connectivity index (χ1v) is 8.27. The number of nitrogens with zero attached hydrogens (tertiary/aromatic N) is 3. The zero-order valence-electron chi connectivity index (χ0n) is 14.1. The van der Waals surface area contributed by atoms with Gasteiger partial charge in [0.05, 0.1) is 0 Å². The molecule has 1 saturated heterocycles. The van der Waals surface area contributed by atoms with Gasteiger partial charge in [-0.25, -0.2) is 4.68 Å². The van der Waals surface area contributed by atoms with Crippen molar-refractivity contribution in [2.75, 3.05) is 25.5 Å². The van der Waals surface area contributed by atoms with Crippen LogP contribution in [0.3, 0.4) is 0 Å². The van der Waals surface area contributed by atoms with Crippen LogP contribution in [0.15, 0.2) is 47.1 Å². The number of piperidine rings is 1. The normalized spacial score (nSPS) is 17.8. The summed E-state index contributed by atoms with van der Waals surface area (Å²) in [5, 5.41) is 6.93. The van der Waals surface area contributed by atoms with Crippen molar-refractivity contribution in [2.24, 2.45) is 18.7 Å². The molecule has 0 amide bonds. The van der Waals surface area contributed by atoms with E-state index in [4.69, 9.17) is 17.3 Å². The van der Waals surface area contributed by atoms with Gasteiger partial charge in [-0.3, -0.25) is 4.79 Å². The van der Waals surface area contributed by atoms with Gasteiger partial charge in [0.1, 0.15) is 11.5 Å². The Bertz CT molecular complexity index is 714. The lowest BCUT2D eigenvalue weighted by atomic mass is 9.89. The van der Waals surface area contributed by atoms with E-state index in [0.29, 0.717) is 17.4 Å². The molecule has 0 saturated carbocycles. The summed E-state index contributed by atoms with van der Waals surface area (Å²) in [7, 11) is 3.67. The van der Waals surface area contributed by atoms with E-state index in [1.54, 1.807) is 6.08 Å². The lowest BCUT2D eigenvalue weighted by molar-refractivity contribution is 0.240. The number of hydrogen-bond acceptors (Lipinski definition) is 5. The average Bonchev–Trinajstić information content (AvgIpc) is 2.54. The molecule has 7 heteroatoms. The molecule has 0 spiro atoms. The van der Waals surface area contributed by atoms with Crippen LogP contribution >= 0.6 is 11.6 Å². The number of aromatic nitrogens is 2. The third-order valence-electron chi connectivity index (χ3n) is 4.19. The molecule has 6 nitrogen and oxygen atoms in total. The van der Waals surface area contributed by atoms with E-state index in [1.165, 1.54) is 17.8 Å². The number of anilines is 1. The van der Waals surface area contributed by atoms with Crippen LogP contribution in [0.2, 0.25) is 5.15 Å². The lowest BCUT2D eigenvalue weighted by Gasteiger charge is -2.29. The molecule has 0 atom stereocenters. The van der Waals surface area contributed by atoms with Crippen LogP contribution < -0.4 is 16.6 Å². The van der Waals surface area contributed by atoms with Gasteiger partial charge in [0, 0.05) is 13.1 Å². The molecule has 2 heterocycles. The maximum atomic E-state index is 12.0. The summed E-state index contributed by atoms with van der Waals surface area (Å²) in [6.45, 7) is 6.07. The number of halogens is 1. The first-order valence-electron chi connectivity index (χ1n) is 7.90. The molecule has 0 bridgehead atoms. The van der Waals surface area contributed by atoms with E-state index in [9.17, 15) is 4.79 Å². The first-order chi connectivity index (χ1) is 11.4. The standard InChI is InChI=1S/C17H24ClN5O/c1-4-12(13-7-9-22(2)10-8-13)5-6-16(19)20-14-11-15(18)21-23(3)17(14)24/h4-6,11,13,20H,1,7-10,19H2,2-3H3/b12-5+,16-6+. The Hall–Kier alpha value is -2.05. The maximum Gasteiger partial charge on any atom is 0.290 e. The zero-order valence-corrected chi connectivity index (χ0v) is 14.9. The average molecular weight is 350 g/mol. The van der Waals surface area contributed by atoms with Gasteiger partial charge in [0.15, 0.2) is 5.15 Å². The van der Waals surface area contributed by atoms with E-state index >= 15 is 0 Å². The highest BCUT2D eigenvalue weighted by Gasteiger charge is 2.18. The highest BCUT2D eigenvalue weighted by atomic mass is 35.5. The van der Waals surface area contributed by atoms with Crippen LogP contribution in [-0.2, 0) is 7.05 Å². The predicted molar refractivity (Wildman–Crippen MR) is 98.9 cm³/mol. The van der Waals surface area contributed by atoms with Crippen LogP contribution in [0, 0.1) is 5.92 Å². The van der Waals surface area contributed by atoms with Crippen molar-refractivity contribution in [2.45, 2.75) is 12.8 Å². The minimum atomic E-state index is -0.293. The van der Waals surface area contributed by atoms with Gasteiger partial charge >= 0.3 is 0 Å². The Balaban J connectivity index is 2.12. The van der Waals surface area contributed by atoms with Gasteiger partial charge in [0.2, 0.25) is 0 Å². The quantitative estimate of drug-likeness (QED) is 0.796. The fourth-order valence-corrected chi connectivity index (χ4v) is 2.98. The number of nitrogens with two attached hydrogens (primary N) is 1. The molecule has 24 heavy (non-hydrogen) atoms. The Morgan fingerprint density at radius 1 is 1.42 bits per heavy atom. The van der Waals surface area contributed by atoms with Gasteiger partial charge < -0.3 is 16.0 Å². The number of hydrogen-bond donors (Lipinski definition) is 2. The fraction of sp³-hybridized carbons (Fsp3) is 0.412. The Morgan fingerprint density at radius 2 is 2.08 bits per heavy atom. The van der Waals surface area contributed by atoms with Gasteiger partial charge in [-0.2, -0.15) is 5.10 Å². The van der Waals surface area contributed by atoms with Gasteiger partial charge in [-0.05, 0) is 50.5 Å². The number of likely N-dealkylation sites (tertiary alicyclic amines) is 1. The van der Waals surface area contributed by atoms with Crippen LogP contribution in [-0.4, -0.2) is 34.8 Å². The highest BCUT2D eigenvalue weighted by Crippen LogP contribution is 2.24. The molecule has 1 aliphatic heterocycles. The fourth-order valence-electron chi connectivity index (χ4n) is 2.76. The molecule has 1 aromatic heterocycles. The summed E-state index contributed by atoms with van der Waals surface area (Å²) < 4.78 is 1.17. The van der Waals surface area contributed by atoms with Crippen molar-refractivity contribution >= 4 is 17.3 Å². The summed E-state index contributed by atoms with van der Waals surface area (Å²) in [6.07, 6.45) is 7.80. The van der Waals surface area contributed by atoms with Crippen molar-refractivity contribution in [1.82, 2.24) is 14.7 Å². The second kappa shape index (κ2) is 8.17. The summed E-state index contributed by atoms with van der Waals surface area (Å²) in [5.41, 5.74) is 7.14. The molecule has 130 valence electrons. The number of aryl methyl sites for hydroxylation is 1. The molecule has 3 N–H and O–H groups in total. The summed E-state index contributed by atoms with van der Waals surface area (Å²) in [5.74, 6) is 0.854. The summed E-state index contributed by atoms with van der Waals surface area (Å²) in [6, 6.07) is 1.46. The molecular formula is C17H24ClN5O. The van der Waals surface area contributed by atoms with Gasteiger partial charge in [-0.1, -0.05) is 30.3 Å². The first kappa shape index (κ1) is 18.3. The SMILES string of the molecule is C=C/C(=C\C=C(/N)Nc1cc(Cl)nn(C)c1=O)C1CCN(C)CC1. The minimum absolute atomic E-state index is 0.223. The smallest absolute Gasteiger partial charge is 0.290 e. The molecule has 0 unspecified atom stereocenters. The molecule has 0 aliphatic carbocycles. The molecule has 2 rings (SSSR count). The predicted octanol–water partition coefficient (Wildman–Crippen LogP) is 2.10. The molecular weight excluding hydrogens is 326 g/mol. The van der Waals surface area contributed by atoms with Crippen molar-refractivity contribution in [3.8, 4) is 0 Å². The van der Waals surface area contributed by atoms with E-state index in [0.717, 1.165) is 31.5 Å². The highest BCUT2D eigenvalue weighted by molar-refractivity contribution is 6.29. The Labute approximate surface area is 147 Å². The lowest BCUT2D eigenvalue weighted by Crippen LogP contribution is -2.30. The largest absolute Gasteiger partial charge is 0.385 e. The van der Waals surface area contributed by atoms with Crippen LogP contribution in [0.1, 0.15) is 12.8 Å². The van der Waals surface area contributed by atoms with Gasteiger partial charge in [-0.15, -0.1) is 0 Å². The number of allylic oxidation sites excluding steroid dienone is 4. The Kier molecular flexibility index (Phi) is 6.23. The van der Waals surface area contributed by atoms with E-state index in [-0.39, 0.29) is 10.7 Å². The van der Waals surface area contributed by atoms with E-state index in [1.807, 2.05) is 12.2 Å². The second-order valence-electron chi connectivity index (χ2n) is 6.00. The van der Waals surface area contributed by atoms with E-state index in [2.05, 4.69) is 28.9 Å². The third kappa shape index (κ3) is 4.72. The van der Waals surface area contributed by atoms with E-state index < -0.39 is 0 Å². The van der Waals surface area contributed by atoms with Crippen LogP contribution in [0.5, 0.6) is 0 Å². The van der Waals surface area contributed by atoms with Crippen molar-refractivity contribution in [3.05, 3.63) is 57.8 Å². The number of rotatable bonds is 5. The molecule has 1 fully saturated rings. The molecule has 0 radical (unpaired) electrons. The summed E-state index contributed by atoms with van der Waals surface area (Å²) in [4.78, 5) is 14.3. The van der Waals surface area contributed by atoms with Crippen LogP contribution in [0.25, 0.3) is 0 Å². The Morgan fingerprint density at radius 3 is 2.71 bits per heavy atom.